The van der Waals surface area contributed by atoms with Crippen molar-refractivity contribution in [2.75, 3.05) is 19.6 Å². The summed E-state index contributed by atoms with van der Waals surface area (Å²) in [6.07, 6.45) is 1.66. The molecular weight excluding hydrogens is 212 g/mol. The van der Waals surface area contributed by atoms with Gasteiger partial charge in [0.2, 0.25) is 5.91 Å². The van der Waals surface area contributed by atoms with E-state index in [0.717, 1.165) is 25.2 Å². The lowest BCUT2D eigenvalue weighted by atomic mass is 10.1. The van der Waals surface area contributed by atoms with Crippen LogP contribution in [0.25, 0.3) is 0 Å². The number of hydrogen-bond donors (Lipinski definition) is 2. The Morgan fingerprint density at radius 1 is 1.41 bits per heavy atom. The van der Waals surface area contributed by atoms with Gasteiger partial charge in [0.1, 0.15) is 0 Å². The van der Waals surface area contributed by atoms with Crippen LogP contribution in [-0.2, 0) is 11.2 Å². The quantitative estimate of drug-likeness (QED) is 0.820. The van der Waals surface area contributed by atoms with Crippen LogP contribution in [0.2, 0.25) is 0 Å². The molecular formula is C14H20N2O. The van der Waals surface area contributed by atoms with E-state index in [9.17, 15) is 4.79 Å². The van der Waals surface area contributed by atoms with Gasteiger partial charge in [-0.05, 0) is 37.9 Å². The summed E-state index contributed by atoms with van der Waals surface area (Å²) in [6.45, 7) is 4.97. The second-order valence-electron chi connectivity index (χ2n) is 4.83. The van der Waals surface area contributed by atoms with Crippen molar-refractivity contribution < 1.29 is 4.79 Å². The summed E-state index contributed by atoms with van der Waals surface area (Å²) in [5, 5.41) is 6.31. The summed E-state index contributed by atoms with van der Waals surface area (Å²) >= 11 is 0. The van der Waals surface area contributed by atoms with Crippen molar-refractivity contribution >= 4 is 5.91 Å². The Morgan fingerprint density at radius 2 is 2.18 bits per heavy atom. The van der Waals surface area contributed by atoms with Gasteiger partial charge in [-0.15, -0.1) is 0 Å². The maximum atomic E-state index is 11.7. The minimum atomic E-state index is 0.126. The maximum Gasteiger partial charge on any atom is 0.224 e. The van der Waals surface area contributed by atoms with Gasteiger partial charge in [-0.1, -0.05) is 29.8 Å². The first-order chi connectivity index (χ1) is 8.24. The zero-order valence-corrected chi connectivity index (χ0v) is 10.3. The summed E-state index contributed by atoms with van der Waals surface area (Å²) < 4.78 is 0. The van der Waals surface area contributed by atoms with Crippen molar-refractivity contribution in [3.05, 3.63) is 35.4 Å². The fraction of sp³-hybridized carbons (Fsp3) is 0.500. The minimum Gasteiger partial charge on any atom is -0.355 e. The first-order valence-electron chi connectivity index (χ1n) is 6.27. The number of aryl methyl sites for hydroxylation is 1. The summed E-state index contributed by atoms with van der Waals surface area (Å²) in [6, 6.07) is 8.13. The lowest BCUT2D eigenvalue weighted by molar-refractivity contribution is -0.120. The second-order valence-corrected chi connectivity index (χ2v) is 4.83. The van der Waals surface area contributed by atoms with Gasteiger partial charge in [0.05, 0.1) is 6.42 Å². The van der Waals surface area contributed by atoms with E-state index in [2.05, 4.69) is 17.6 Å². The number of amides is 1. The fourth-order valence-corrected chi connectivity index (χ4v) is 2.10. The second kappa shape index (κ2) is 5.82. The Balaban J connectivity index is 1.74. The van der Waals surface area contributed by atoms with Crippen LogP contribution in [0.4, 0.5) is 0 Å². The van der Waals surface area contributed by atoms with Gasteiger partial charge in [-0.3, -0.25) is 4.79 Å². The van der Waals surface area contributed by atoms with E-state index >= 15 is 0 Å². The van der Waals surface area contributed by atoms with Crippen molar-refractivity contribution in [3.8, 4) is 0 Å². The van der Waals surface area contributed by atoms with Gasteiger partial charge in [0.15, 0.2) is 0 Å². The third-order valence-corrected chi connectivity index (χ3v) is 3.24. The number of benzene rings is 1. The number of rotatable bonds is 4. The molecule has 1 heterocycles. The smallest absolute Gasteiger partial charge is 0.224 e. The van der Waals surface area contributed by atoms with Gasteiger partial charge < -0.3 is 10.6 Å². The van der Waals surface area contributed by atoms with E-state index in [1.165, 1.54) is 12.0 Å². The largest absolute Gasteiger partial charge is 0.355 e. The standard InChI is InChI=1S/C14H20N2O/c1-11-2-4-12(5-3-11)8-14(17)16-10-13-6-7-15-9-13/h2-5,13,15H,6-10H2,1H3,(H,16,17). The number of hydrogen-bond acceptors (Lipinski definition) is 2. The number of carbonyl (C=O) groups is 1. The molecule has 0 aliphatic carbocycles. The Bertz CT molecular complexity index is 366. The van der Waals surface area contributed by atoms with Crippen LogP contribution in [-0.4, -0.2) is 25.5 Å². The molecule has 3 heteroatoms. The van der Waals surface area contributed by atoms with Crippen LogP contribution in [0, 0.1) is 12.8 Å². The normalized spacial score (nSPS) is 19.2. The third kappa shape index (κ3) is 3.86. The van der Waals surface area contributed by atoms with Crippen molar-refractivity contribution in [1.82, 2.24) is 10.6 Å². The average molecular weight is 232 g/mol. The molecule has 0 bridgehead atoms. The molecule has 0 aromatic heterocycles. The topological polar surface area (TPSA) is 41.1 Å². The van der Waals surface area contributed by atoms with E-state index in [-0.39, 0.29) is 5.91 Å². The highest BCUT2D eigenvalue weighted by atomic mass is 16.1. The van der Waals surface area contributed by atoms with Gasteiger partial charge in [-0.25, -0.2) is 0 Å². The van der Waals surface area contributed by atoms with Gasteiger partial charge >= 0.3 is 0 Å². The van der Waals surface area contributed by atoms with Crippen LogP contribution in [0.3, 0.4) is 0 Å². The number of nitrogens with one attached hydrogen (secondary N) is 2. The predicted octanol–water partition coefficient (Wildman–Crippen LogP) is 1.26. The molecule has 17 heavy (non-hydrogen) atoms. The summed E-state index contributed by atoms with van der Waals surface area (Å²) in [5.74, 6) is 0.734. The first-order valence-corrected chi connectivity index (χ1v) is 6.27. The van der Waals surface area contributed by atoms with E-state index < -0.39 is 0 Å². The molecule has 1 aromatic carbocycles. The average Bonchev–Trinajstić information content (AvgIpc) is 2.83. The lowest BCUT2D eigenvalue weighted by Crippen LogP contribution is -2.31. The SMILES string of the molecule is Cc1ccc(CC(=O)NCC2CCNC2)cc1. The molecule has 0 radical (unpaired) electrons. The molecule has 2 rings (SSSR count). The summed E-state index contributed by atoms with van der Waals surface area (Å²) in [4.78, 5) is 11.7. The summed E-state index contributed by atoms with van der Waals surface area (Å²) in [7, 11) is 0. The van der Waals surface area contributed by atoms with Gasteiger partial charge in [-0.2, -0.15) is 0 Å². The van der Waals surface area contributed by atoms with E-state index in [1.54, 1.807) is 0 Å². The molecule has 1 saturated heterocycles. The molecule has 1 aliphatic heterocycles. The summed E-state index contributed by atoms with van der Waals surface area (Å²) in [5.41, 5.74) is 2.31. The Kier molecular flexibility index (Phi) is 4.15. The monoisotopic (exact) mass is 232 g/mol. The minimum absolute atomic E-state index is 0.126. The Morgan fingerprint density at radius 3 is 2.82 bits per heavy atom. The zero-order valence-electron chi connectivity index (χ0n) is 10.3. The highest BCUT2D eigenvalue weighted by molar-refractivity contribution is 5.78. The molecule has 0 saturated carbocycles. The fourth-order valence-electron chi connectivity index (χ4n) is 2.10. The van der Waals surface area contributed by atoms with Crippen molar-refractivity contribution in [1.29, 1.82) is 0 Å². The van der Waals surface area contributed by atoms with Crippen molar-refractivity contribution in [3.63, 3.8) is 0 Å². The zero-order chi connectivity index (χ0) is 12.1. The van der Waals surface area contributed by atoms with Gasteiger partial charge in [0, 0.05) is 6.54 Å². The Hall–Kier alpha value is -1.35. The third-order valence-electron chi connectivity index (χ3n) is 3.24. The lowest BCUT2D eigenvalue weighted by Gasteiger charge is -2.10. The van der Waals surface area contributed by atoms with Crippen molar-refractivity contribution in [2.24, 2.45) is 5.92 Å². The highest BCUT2D eigenvalue weighted by Crippen LogP contribution is 2.06. The van der Waals surface area contributed by atoms with E-state index in [0.29, 0.717) is 12.3 Å². The number of carbonyl (C=O) groups excluding carboxylic acids is 1. The molecule has 3 nitrogen and oxygen atoms in total. The molecule has 1 fully saturated rings. The van der Waals surface area contributed by atoms with Crippen LogP contribution in [0.1, 0.15) is 17.5 Å². The molecule has 1 aliphatic rings. The molecule has 1 atom stereocenters. The van der Waals surface area contributed by atoms with Crippen LogP contribution < -0.4 is 10.6 Å². The maximum absolute atomic E-state index is 11.7. The molecule has 1 unspecified atom stereocenters. The van der Waals surface area contributed by atoms with E-state index in [1.807, 2.05) is 24.3 Å². The molecule has 92 valence electrons. The van der Waals surface area contributed by atoms with Crippen molar-refractivity contribution in [2.45, 2.75) is 19.8 Å². The van der Waals surface area contributed by atoms with Crippen LogP contribution in [0.5, 0.6) is 0 Å². The Labute approximate surface area is 103 Å². The first kappa shape index (κ1) is 12.1. The van der Waals surface area contributed by atoms with Crippen LogP contribution in [0.15, 0.2) is 24.3 Å². The molecule has 0 spiro atoms. The highest BCUT2D eigenvalue weighted by Gasteiger charge is 2.14. The van der Waals surface area contributed by atoms with Gasteiger partial charge in [0.25, 0.3) is 0 Å². The molecule has 1 amide bonds. The van der Waals surface area contributed by atoms with E-state index in [4.69, 9.17) is 0 Å². The molecule has 2 N–H and O–H groups in total. The molecule has 1 aromatic rings. The van der Waals surface area contributed by atoms with Crippen LogP contribution >= 0.6 is 0 Å². The predicted molar refractivity (Wildman–Crippen MR) is 68.9 cm³/mol.